The number of methoxy groups -OCH3 is 1. The van der Waals surface area contributed by atoms with Crippen molar-refractivity contribution in [3.8, 4) is 11.5 Å². The highest BCUT2D eigenvalue weighted by molar-refractivity contribution is 7.90. The molecule has 2 aromatic rings. The molecule has 1 N–H and O–H groups in total. The van der Waals surface area contributed by atoms with E-state index in [1.54, 1.807) is 19.2 Å². The summed E-state index contributed by atoms with van der Waals surface area (Å²) in [4.78, 5) is 7.94. The summed E-state index contributed by atoms with van der Waals surface area (Å²) in [6, 6.07) is 14.9. The lowest BCUT2D eigenvalue weighted by molar-refractivity contribution is -0.110. The van der Waals surface area contributed by atoms with Crippen molar-refractivity contribution in [2.24, 2.45) is 0 Å². The predicted molar refractivity (Wildman–Crippen MR) is 127 cm³/mol. The maximum Gasteiger partial charge on any atom is 0.218 e. The normalized spacial score (nSPS) is 22.0. The molecule has 180 valence electrons. The van der Waals surface area contributed by atoms with Gasteiger partial charge in [-0.05, 0) is 49.2 Å². The van der Waals surface area contributed by atoms with Crippen LogP contribution in [-0.2, 0) is 21.5 Å². The molecule has 0 spiro atoms. The van der Waals surface area contributed by atoms with Gasteiger partial charge in [0.25, 0.3) is 0 Å². The maximum atomic E-state index is 13.2. The average Bonchev–Trinajstić information content (AvgIpc) is 3.48. The van der Waals surface area contributed by atoms with Crippen molar-refractivity contribution in [2.45, 2.75) is 30.7 Å². The summed E-state index contributed by atoms with van der Waals surface area (Å²) in [7, 11) is -0.228. The van der Waals surface area contributed by atoms with Gasteiger partial charge in [0.1, 0.15) is 11.9 Å². The zero-order chi connectivity index (χ0) is 23.3. The van der Waals surface area contributed by atoms with Gasteiger partial charge in [-0.25, -0.2) is 13.1 Å². The van der Waals surface area contributed by atoms with Gasteiger partial charge in [-0.1, -0.05) is 36.4 Å². The van der Waals surface area contributed by atoms with E-state index in [-0.39, 0.29) is 6.61 Å². The smallest absolute Gasteiger partial charge is 0.218 e. The third kappa shape index (κ3) is 5.85. The van der Waals surface area contributed by atoms with E-state index in [4.69, 9.17) is 14.3 Å². The Hall–Kier alpha value is -2.17. The van der Waals surface area contributed by atoms with E-state index in [2.05, 4.69) is 9.62 Å². The Bertz CT molecular complexity index is 1010. The SMILES string of the molecule is COc1ccc(C2C(S(=O)(=O)NCCN3CCCC3)CON2C)cc1OCc1ccccc1. The molecule has 9 heteroatoms. The molecule has 2 unspecified atom stereocenters. The first-order valence-electron chi connectivity index (χ1n) is 11.4. The average molecular weight is 476 g/mol. The second-order valence-electron chi connectivity index (χ2n) is 8.50. The Morgan fingerprint density at radius 2 is 1.85 bits per heavy atom. The topological polar surface area (TPSA) is 80.3 Å². The molecule has 0 aliphatic carbocycles. The van der Waals surface area contributed by atoms with Gasteiger partial charge in [0.15, 0.2) is 11.5 Å². The van der Waals surface area contributed by atoms with Crippen LogP contribution in [0.4, 0.5) is 0 Å². The van der Waals surface area contributed by atoms with E-state index in [1.807, 2.05) is 48.5 Å². The van der Waals surface area contributed by atoms with Crippen LogP contribution in [0.3, 0.4) is 0 Å². The zero-order valence-electron chi connectivity index (χ0n) is 19.3. The van der Waals surface area contributed by atoms with E-state index in [0.29, 0.717) is 24.7 Å². The number of likely N-dealkylation sites (tertiary alicyclic amines) is 1. The molecule has 4 rings (SSSR count). The number of rotatable bonds is 10. The summed E-state index contributed by atoms with van der Waals surface area (Å²) in [5.41, 5.74) is 1.84. The highest BCUT2D eigenvalue weighted by Gasteiger charge is 2.43. The molecule has 2 heterocycles. The zero-order valence-corrected chi connectivity index (χ0v) is 20.1. The number of hydrogen-bond donors (Lipinski definition) is 1. The number of benzene rings is 2. The minimum Gasteiger partial charge on any atom is -0.493 e. The minimum atomic E-state index is -3.58. The molecule has 2 fully saturated rings. The van der Waals surface area contributed by atoms with Crippen LogP contribution in [0.15, 0.2) is 48.5 Å². The number of nitrogens with zero attached hydrogens (tertiary/aromatic N) is 2. The van der Waals surface area contributed by atoms with Crippen molar-refractivity contribution in [3.63, 3.8) is 0 Å². The molecule has 2 atom stereocenters. The molecule has 0 amide bonds. The van der Waals surface area contributed by atoms with Crippen LogP contribution in [0.2, 0.25) is 0 Å². The summed E-state index contributed by atoms with van der Waals surface area (Å²) < 4.78 is 40.6. The van der Waals surface area contributed by atoms with Crippen LogP contribution in [0.25, 0.3) is 0 Å². The van der Waals surface area contributed by atoms with Gasteiger partial charge in [-0.2, -0.15) is 5.06 Å². The van der Waals surface area contributed by atoms with E-state index < -0.39 is 21.3 Å². The highest BCUT2D eigenvalue weighted by atomic mass is 32.2. The predicted octanol–water partition coefficient (Wildman–Crippen LogP) is 2.58. The number of hydroxylamine groups is 2. The lowest BCUT2D eigenvalue weighted by atomic mass is 10.0. The van der Waals surface area contributed by atoms with Gasteiger partial charge in [-0.15, -0.1) is 0 Å². The summed E-state index contributed by atoms with van der Waals surface area (Å²) in [5, 5.41) is 0.893. The standard InChI is InChI=1S/C24H33N3O5S/c1-26-24(23(18-32-26)33(28,29)25-12-15-27-13-6-7-14-27)20-10-11-21(30-2)22(16-20)31-17-19-8-4-3-5-9-19/h3-5,8-11,16,23-25H,6-7,12-15,17-18H2,1-2H3. The van der Waals surface area contributed by atoms with Gasteiger partial charge in [0, 0.05) is 20.1 Å². The number of ether oxygens (including phenoxy) is 2. The molecule has 2 aromatic carbocycles. The second kappa shape index (κ2) is 10.8. The van der Waals surface area contributed by atoms with Crippen LogP contribution in [-0.4, -0.2) is 70.6 Å². The van der Waals surface area contributed by atoms with Crippen LogP contribution < -0.4 is 14.2 Å². The summed E-state index contributed by atoms with van der Waals surface area (Å²) >= 11 is 0. The molecule has 33 heavy (non-hydrogen) atoms. The number of nitrogens with one attached hydrogen (secondary N) is 1. The molecule has 0 aromatic heterocycles. The number of sulfonamides is 1. The molecule has 2 aliphatic heterocycles. The lowest BCUT2D eigenvalue weighted by Crippen LogP contribution is -2.42. The van der Waals surface area contributed by atoms with Crippen LogP contribution in [0.1, 0.15) is 30.0 Å². The molecule has 2 saturated heterocycles. The van der Waals surface area contributed by atoms with Gasteiger partial charge in [0.2, 0.25) is 10.0 Å². The van der Waals surface area contributed by atoms with E-state index in [9.17, 15) is 8.42 Å². The summed E-state index contributed by atoms with van der Waals surface area (Å²) in [5.74, 6) is 1.16. The maximum absolute atomic E-state index is 13.2. The molecule has 8 nitrogen and oxygen atoms in total. The fraction of sp³-hybridized carbons (Fsp3) is 0.500. The Balaban J connectivity index is 1.49. The fourth-order valence-corrected chi connectivity index (χ4v) is 5.96. The van der Waals surface area contributed by atoms with Gasteiger partial charge >= 0.3 is 0 Å². The van der Waals surface area contributed by atoms with Crippen molar-refractivity contribution in [1.82, 2.24) is 14.7 Å². The first kappa shape index (κ1) is 24.0. The molecule has 0 bridgehead atoms. The summed E-state index contributed by atoms with van der Waals surface area (Å²) in [6.45, 7) is 3.70. The van der Waals surface area contributed by atoms with E-state index in [1.165, 1.54) is 12.8 Å². The molecular weight excluding hydrogens is 442 g/mol. The minimum absolute atomic E-state index is 0.104. The van der Waals surface area contributed by atoms with Crippen LogP contribution >= 0.6 is 0 Å². The second-order valence-corrected chi connectivity index (χ2v) is 10.5. The quantitative estimate of drug-likeness (QED) is 0.566. The Labute approximate surface area is 196 Å². The lowest BCUT2D eigenvalue weighted by Gasteiger charge is -2.24. The van der Waals surface area contributed by atoms with Crippen molar-refractivity contribution in [1.29, 1.82) is 0 Å². The van der Waals surface area contributed by atoms with Crippen molar-refractivity contribution in [3.05, 3.63) is 59.7 Å². The largest absolute Gasteiger partial charge is 0.493 e. The Morgan fingerprint density at radius 3 is 2.58 bits per heavy atom. The molecular formula is C24H33N3O5S. The van der Waals surface area contributed by atoms with Gasteiger partial charge in [-0.3, -0.25) is 4.84 Å². The molecule has 0 saturated carbocycles. The van der Waals surface area contributed by atoms with Crippen molar-refractivity contribution < 1.29 is 22.7 Å². The Kier molecular flexibility index (Phi) is 7.87. The van der Waals surface area contributed by atoms with Gasteiger partial charge < -0.3 is 14.4 Å². The van der Waals surface area contributed by atoms with Crippen molar-refractivity contribution in [2.75, 3.05) is 46.9 Å². The monoisotopic (exact) mass is 475 g/mol. The van der Waals surface area contributed by atoms with E-state index in [0.717, 1.165) is 30.8 Å². The van der Waals surface area contributed by atoms with Crippen LogP contribution in [0, 0.1) is 0 Å². The van der Waals surface area contributed by atoms with E-state index >= 15 is 0 Å². The van der Waals surface area contributed by atoms with Crippen LogP contribution in [0.5, 0.6) is 11.5 Å². The first-order chi connectivity index (χ1) is 16.0. The fourth-order valence-electron chi connectivity index (χ4n) is 4.47. The Morgan fingerprint density at radius 1 is 1.09 bits per heavy atom. The number of hydrogen-bond acceptors (Lipinski definition) is 7. The molecule has 0 radical (unpaired) electrons. The first-order valence-corrected chi connectivity index (χ1v) is 12.9. The highest BCUT2D eigenvalue weighted by Crippen LogP contribution is 2.38. The third-order valence-corrected chi connectivity index (χ3v) is 8.08. The van der Waals surface area contributed by atoms with Crippen molar-refractivity contribution >= 4 is 10.0 Å². The summed E-state index contributed by atoms with van der Waals surface area (Å²) in [6.07, 6.45) is 2.37. The van der Waals surface area contributed by atoms with Gasteiger partial charge in [0.05, 0.1) is 19.8 Å². The third-order valence-electron chi connectivity index (χ3n) is 6.28. The molecule has 2 aliphatic rings.